The molecule has 1 atom stereocenters. The molecule has 0 aliphatic carbocycles. The first-order valence-corrected chi connectivity index (χ1v) is 6.23. The van der Waals surface area contributed by atoms with Crippen LogP contribution in [0.15, 0.2) is 16.6 Å². The van der Waals surface area contributed by atoms with Gasteiger partial charge in [0.1, 0.15) is 5.82 Å². The van der Waals surface area contributed by atoms with Crippen LogP contribution < -0.4 is 5.32 Å². The summed E-state index contributed by atoms with van der Waals surface area (Å²) in [6, 6.07) is 4.30. The second-order valence-corrected chi connectivity index (χ2v) is 4.83. The molecule has 1 aromatic rings. The van der Waals surface area contributed by atoms with Crippen molar-refractivity contribution in [2.24, 2.45) is 0 Å². The molecule has 1 aromatic carbocycles. The lowest BCUT2D eigenvalue weighted by Gasteiger charge is -2.13. The molecule has 1 fully saturated rings. The van der Waals surface area contributed by atoms with Gasteiger partial charge in [0.25, 0.3) is 0 Å². The Morgan fingerprint density at radius 2 is 2.33 bits per heavy atom. The summed E-state index contributed by atoms with van der Waals surface area (Å²) in [6.07, 6.45) is 3.10. The molecule has 1 aliphatic rings. The molecular formula is C12H15BrFN. The van der Waals surface area contributed by atoms with Crippen LogP contribution in [0.2, 0.25) is 0 Å². The minimum Gasteiger partial charge on any atom is -0.310 e. The molecule has 0 spiro atoms. The van der Waals surface area contributed by atoms with E-state index in [9.17, 15) is 4.39 Å². The van der Waals surface area contributed by atoms with Crippen molar-refractivity contribution in [1.82, 2.24) is 5.32 Å². The number of nitrogens with one attached hydrogen (secondary N) is 1. The summed E-state index contributed by atoms with van der Waals surface area (Å²) in [4.78, 5) is 0. The standard InChI is InChI=1S/C12H15BrFN/c1-2-8-6-9(7-10(13)12(8)14)11-4-3-5-15-11/h6-7,11,15H,2-5H2,1H3. The van der Waals surface area contributed by atoms with Crippen LogP contribution in [0, 0.1) is 5.82 Å². The quantitative estimate of drug-likeness (QED) is 0.867. The summed E-state index contributed by atoms with van der Waals surface area (Å²) in [7, 11) is 0. The van der Waals surface area contributed by atoms with Crippen molar-refractivity contribution in [2.45, 2.75) is 32.2 Å². The minimum atomic E-state index is -0.112. The Morgan fingerprint density at radius 1 is 1.53 bits per heavy atom. The van der Waals surface area contributed by atoms with Crippen molar-refractivity contribution in [3.05, 3.63) is 33.5 Å². The Labute approximate surface area is 98.2 Å². The second kappa shape index (κ2) is 4.62. The summed E-state index contributed by atoms with van der Waals surface area (Å²) in [6.45, 7) is 3.05. The molecule has 1 N–H and O–H groups in total. The summed E-state index contributed by atoms with van der Waals surface area (Å²) in [5.74, 6) is -0.112. The zero-order valence-corrected chi connectivity index (χ0v) is 10.4. The largest absolute Gasteiger partial charge is 0.310 e. The van der Waals surface area contributed by atoms with Gasteiger partial charge < -0.3 is 5.32 Å². The van der Waals surface area contributed by atoms with Crippen LogP contribution in [0.5, 0.6) is 0 Å². The van der Waals surface area contributed by atoms with Gasteiger partial charge in [-0.2, -0.15) is 0 Å². The van der Waals surface area contributed by atoms with Crippen LogP contribution in [-0.2, 0) is 6.42 Å². The maximum atomic E-state index is 13.6. The Kier molecular flexibility index (Phi) is 3.42. The van der Waals surface area contributed by atoms with E-state index >= 15 is 0 Å². The molecule has 0 bridgehead atoms. The highest BCUT2D eigenvalue weighted by atomic mass is 79.9. The fourth-order valence-corrected chi connectivity index (χ4v) is 2.62. The normalized spacial score (nSPS) is 20.9. The van der Waals surface area contributed by atoms with Gasteiger partial charge in [-0.3, -0.25) is 0 Å². The van der Waals surface area contributed by atoms with E-state index in [1.54, 1.807) is 0 Å². The fourth-order valence-electron chi connectivity index (χ4n) is 2.10. The van der Waals surface area contributed by atoms with Crippen molar-refractivity contribution in [3.8, 4) is 0 Å². The van der Waals surface area contributed by atoms with Gasteiger partial charge in [-0.15, -0.1) is 0 Å². The van der Waals surface area contributed by atoms with Gasteiger partial charge in [-0.05, 0) is 58.9 Å². The number of benzene rings is 1. The average molecular weight is 272 g/mol. The highest BCUT2D eigenvalue weighted by molar-refractivity contribution is 9.10. The Hall–Kier alpha value is -0.410. The molecule has 1 unspecified atom stereocenters. The maximum absolute atomic E-state index is 13.6. The summed E-state index contributed by atoms with van der Waals surface area (Å²) in [5.41, 5.74) is 2.01. The van der Waals surface area contributed by atoms with Gasteiger partial charge in [0.05, 0.1) is 4.47 Å². The number of hydrogen-bond donors (Lipinski definition) is 1. The van der Waals surface area contributed by atoms with Gasteiger partial charge >= 0.3 is 0 Å². The predicted molar refractivity (Wildman–Crippen MR) is 63.5 cm³/mol. The summed E-state index contributed by atoms with van der Waals surface area (Å²) < 4.78 is 14.2. The Morgan fingerprint density at radius 3 is 2.93 bits per heavy atom. The number of aryl methyl sites for hydroxylation is 1. The van der Waals surface area contributed by atoms with Gasteiger partial charge in [-0.25, -0.2) is 4.39 Å². The molecule has 1 saturated heterocycles. The topological polar surface area (TPSA) is 12.0 Å². The van der Waals surface area contributed by atoms with Crippen LogP contribution in [0.25, 0.3) is 0 Å². The molecule has 1 nitrogen and oxygen atoms in total. The van der Waals surface area contributed by atoms with Crippen LogP contribution in [0.1, 0.15) is 36.9 Å². The Bertz CT molecular complexity index is 359. The summed E-state index contributed by atoms with van der Waals surface area (Å²) in [5, 5.41) is 3.43. The molecule has 0 amide bonds. The molecule has 82 valence electrons. The summed E-state index contributed by atoms with van der Waals surface area (Å²) >= 11 is 3.28. The second-order valence-electron chi connectivity index (χ2n) is 3.98. The number of rotatable bonds is 2. The van der Waals surface area contributed by atoms with Crippen LogP contribution in [0.3, 0.4) is 0 Å². The Balaban J connectivity index is 2.35. The first-order chi connectivity index (χ1) is 7.22. The van der Waals surface area contributed by atoms with E-state index in [1.165, 1.54) is 12.0 Å². The van der Waals surface area contributed by atoms with Crippen molar-refractivity contribution in [3.63, 3.8) is 0 Å². The fraction of sp³-hybridized carbons (Fsp3) is 0.500. The zero-order valence-electron chi connectivity index (χ0n) is 8.82. The van der Waals surface area contributed by atoms with E-state index in [0.717, 1.165) is 24.9 Å². The monoisotopic (exact) mass is 271 g/mol. The van der Waals surface area contributed by atoms with Gasteiger partial charge in [-0.1, -0.05) is 13.0 Å². The molecule has 15 heavy (non-hydrogen) atoms. The van der Waals surface area contributed by atoms with Gasteiger partial charge in [0.15, 0.2) is 0 Å². The van der Waals surface area contributed by atoms with Crippen molar-refractivity contribution >= 4 is 15.9 Å². The SMILES string of the molecule is CCc1cc(C2CCCN2)cc(Br)c1F. The highest BCUT2D eigenvalue weighted by Crippen LogP contribution is 2.29. The molecule has 2 rings (SSSR count). The zero-order chi connectivity index (χ0) is 10.8. The first kappa shape index (κ1) is 11.1. The number of halogens is 2. The lowest BCUT2D eigenvalue weighted by atomic mass is 10.0. The third kappa shape index (κ3) is 2.23. The molecule has 1 heterocycles. The highest BCUT2D eigenvalue weighted by Gasteiger charge is 2.18. The van der Waals surface area contributed by atoms with E-state index in [2.05, 4.69) is 21.2 Å². The van der Waals surface area contributed by atoms with Crippen LogP contribution in [0.4, 0.5) is 4.39 Å². The minimum absolute atomic E-state index is 0.112. The van der Waals surface area contributed by atoms with E-state index in [4.69, 9.17) is 0 Å². The first-order valence-electron chi connectivity index (χ1n) is 5.43. The third-order valence-corrected chi connectivity index (χ3v) is 3.55. The lowest BCUT2D eigenvalue weighted by molar-refractivity contribution is 0.596. The number of hydrogen-bond acceptors (Lipinski definition) is 1. The average Bonchev–Trinajstić information content (AvgIpc) is 2.75. The predicted octanol–water partition coefficient (Wildman–Crippen LogP) is 3.58. The molecule has 1 aliphatic heterocycles. The smallest absolute Gasteiger partial charge is 0.140 e. The molecular weight excluding hydrogens is 257 g/mol. The van der Waals surface area contributed by atoms with Gasteiger partial charge in [0.2, 0.25) is 0 Å². The van der Waals surface area contributed by atoms with Gasteiger partial charge in [0, 0.05) is 6.04 Å². The molecule has 3 heteroatoms. The van der Waals surface area contributed by atoms with E-state index in [-0.39, 0.29) is 5.82 Å². The van der Waals surface area contributed by atoms with Crippen molar-refractivity contribution in [1.29, 1.82) is 0 Å². The van der Waals surface area contributed by atoms with Crippen LogP contribution >= 0.6 is 15.9 Å². The molecule has 0 saturated carbocycles. The van der Waals surface area contributed by atoms with Crippen molar-refractivity contribution in [2.75, 3.05) is 6.54 Å². The van der Waals surface area contributed by atoms with Crippen molar-refractivity contribution < 1.29 is 4.39 Å². The molecule has 0 aromatic heterocycles. The van der Waals surface area contributed by atoms with E-state index in [1.807, 2.05) is 19.1 Å². The third-order valence-electron chi connectivity index (χ3n) is 2.97. The molecule has 0 radical (unpaired) electrons. The lowest BCUT2D eigenvalue weighted by Crippen LogP contribution is -2.13. The van der Waals surface area contributed by atoms with Crippen LogP contribution in [-0.4, -0.2) is 6.54 Å². The van der Waals surface area contributed by atoms with E-state index < -0.39 is 0 Å². The maximum Gasteiger partial charge on any atom is 0.140 e. The van der Waals surface area contributed by atoms with E-state index in [0.29, 0.717) is 10.5 Å².